The normalized spacial score (nSPS) is 12.7. The number of carboxylic acids is 2. The number of hydrogen-bond donors (Lipinski definition) is 4. The first-order valence-corrected chi connectivity index (χ1v) is 12.2. The number of carboxylic acid groups (broad SMARTS) is 2. The van der Waals surface area contributed by atoms with Crippen LogP contribution in [0.15, 0.2) is 0 Å². The maximum Gasteiger partial charge on any atom is 0.332 e. The van der Waals surface area contributed by atoms with Crippen molar-refractivity contribution >= 4 is 11.9 Å². The summed E-state index contributed by atoms with van der Waals surface area (Å²) in [6.07, 6.45) is 17.4. The Morgan fingerprint density at radius 2 is 0.733 bits per heavy atom. The molecule has 0 fully saturated rings. The molecule has 0 aliphatic rings. The molecular weight excluding hydrogens is 384 g/mol. The van der Waals surface area contributed by atoms with Gasteiger partial charge in [-0.15, -0.1) is 0 Å². The number of carbonyl (C=O) groups is 2. The highest BCUT2D eigenvalue weighted by Gasteiger charge is 2.12. The van der Waals surface area contributed by atoms with E-state index in [1.54, 1.807) is 0 Å². The molecule has 2 atom stereocenters. The summed E-state index contributed by atoms with van der Waals surface area (Å²) in [7, 11) is 0. The molecule has 0 radical (unpaired) electrons. The second-order valence-electron chi connectivity index (χ2n) is 8.24. The minimum atomic E-state index is -1.16. The minimum absolute atomic E-state index is 0.393. The first-order chi connectivity index (χ1) is 14.4. The third-order valence-electron chi connectivity index (χ3n) is 5.23. The largest absolute Gasteiger partial charge is 0.479 e. The fourth-order valence-corrected chi connectivity index (χ4v) is 3.19. The van der Waals surface area contributed by atoms with E-state index < -0.39 is 24.1 Å². The standard InChI is InChI=1S/2C12H24O3/c2*1-2-3-4-5-6-7-8-9-10-11(13)12(14)15/h2*11,13H,2-10H2,1H3,(H,14,15). The van der Waals surface area contributed by atoms with Gasteiger partial charge in [-0.25, -0.2) is 9.59 Å². The maximum atomic E-state index is 10.3. The SMILES string of the molecule is CCCCCCCCCCC(O)C(=O)O.CCCCCCCCCCC(O)C(=O)O. The molecule has 180 valence electrons. The lowest BCUT2D eigenvalue weighted by Gasteiger charge is -2.04. The smallest absolute Gasteiger partial charge is 0.332 e. The lowest BCUT2D eigenvalue weighted by Crippen LogP contribution is -2.18. The van der Waals surface area contributed by atoms with E-state index >= 15 is 0 Å². The van der Waals surface area contributed by atoms with Crippen LogP contribution in [0, 0.1) is 0 Å². The Morgan fingerprint density at radius 1 is 0.500 bits per heavy atom. The summed E-state index contributed by atoms with van der Waals surface area (Å²) < 4.78 is 0. The van der Waals surface area contributed by atoms with E-state index in [-0.39, 0.29) is 0 Å². The van der Waals surface area contributed by atoms with E-state index in [0.29, 0.717) is 12.8 Å². The van der Waals surface area contributed by atoms with Crippen molar-refractivity contribution in [2.75, 3.05) is 0 Å². The molecule has 0 aromatic rings. The molecule has 0 rings (SSSR count). The third kappa shape index (κ3) is 24.9. The number of aliphatic hydroxyl groups is 2. The first-order valence-electron chi connectivity index (χ1n) is 12.2. The molecule has 30 heavy (non-hydrogen) atoms. The van der Waals surface area contributed by atoms with Gasteiger partial charge in [-0.1, -0.05) is 117 Å². The van der Waals surface area contributed by atoms with Crippen LogP contribution >= 0.6 is 0 Å². The number of aliphatic carboxylic acids is 2. The molecule has 6 heteroatoms. The summed E-state index contributed by atoms with van der Waals surface area (Å²) in [5.74, 6) is -2.20. The van der Waals surface area contributed by atoms with Gasteiger partial charge in [0.2, 0.25) is 0 Å². The lowest BCUT2D eigenvalue weighted by atomic mass is 10.1. The molecule has 0 aromatic heterocycles. The quantitative estimate of drug-likeness (QED) is 0.177. The van der Waals surface area contributed by atoms with Crippen LogP contribution in [0.25, 0.3) is 0 Å². The van der Waals surface area contributed by atoms with Gasteiger partial charge in [-0.2, -0.15) is 0 Å². The zero-order chi connectivity index (χ0) is 23.0. The average molecular weight is 433 g/mol. The van der Waals surface area contributed by atoms with Gasteiger partial charge < -0.3 is 20.4 Å². The van der Waals surface area contributed by atoms with Crippen LogP contribution in [0.5, 0.6) is 0 Å². The first kappa shape index (κ1) is 31.0. The summed E-state index contributed by atoms with van der Waals surface area (Å²) in [6.45, 7) is 4.40. The Hall–Kier alpha value is -1.14. The van der Waals surface area contributed by atoms with Gasteiger partial charge >= 0.3 is 11.9 Å². The van der Waals surface area contributed by atoms with Crippen molar-refractivity contribution < 1.29 is 30.0 Å². The van der Waals surface area contributed by atoms with Crippen LogP contribution in [0.3, 0.4) is 0 Å². The van der Waals surface area contributed by atoms with Crippen LogP contribution in [0.4, 0.5) is 0 Å². The van der Waals surface area contributed by atoms with Crippen molar-refractivity contribution in [1.82, 2.24) is 0 Å². The van der Waals surface area contributed by atoms with E-state index in [1.165, 1.54) is 64.2 Å². The molecule has 0 aliphatic carbocycles. The number of rotatable bonds is 20. The highest BCUT2D eigenvalue weighted by atomic mass is 16.4. The van der Waals surface area contributed by atoms with Gasteiger partial charge in [0.25, 0.3) is 0 Å². The zero-order valence-corrected chi connectivity index (χ0v) is 19.5. The minimum Gasteiger partial charge on any atom is -0.479 e. The van der Waals surface area contributed by atoms with Gasteiger partial charge in [-0.3, -0.25) is 0 Å². The van der Waals surface area contributed by atoms with Crippen molar-refractivity contribution in [3.63, 3.8) is 0 Å². The molecule has 0 amide bonds. The second kappa shape index (κ2) is 24.1. The molecule has 0 heterocycles. The zero-order valence-electron chi connectivity index (χ0n) is 19.5. The highest BCUT2D eigenvalue weighted by Crippen LogP contribution is 2.11. The Kier molecular flexibility index (Phi) is 25.0. The Bertz CT molecular complexity index is 350. The predicted octanol–water partition coefficient (Wildman–Crippen LogP) is 5.93. The summed E-state index contributed by atoms with van der Waals surface area (Å²) in [5, 5.41) is 34.9. The van der Waals surface area contributed by atoms with Gasteiger partial charge in [0.05, 0.1) is 0 Å². The van der Waals surface area contributed by atoms with Crippen LogP contribution in [0.2, 0.25) is 0 Å². The van der Waals surface area contributed by atoms with Gasteiger partial charge in [0, 0.05) is 0 Å². The van der Waals surface area contributed by atoms with E-state index in [4.69, 9.17) is 20.4 Å². The van der Waals surface area contributed by atoms with Crippen LogP contribution in [-0.4, -0.2) is 44.6 Å². The van der Waals surface area contributed by atoms with Gasteiger partial charge in [0.1, 0.15) is 0 Å². The van der Waals surface area contributed by atoms with E-state index in [0.717, 1.165) is 38.5 Å². The Balaban J connectivity index is 0. The molecule has 4 N–H and O–H groups in total. The highest BCUT2D eigenvalue weighted by molar-refractivity contribution is 5.72. The predicted molar refractivity (Wildman–Crippen MR) is 122 cm³/mol. The molecule has 2 unspecified atom stereocenters. The Labute approximate surface area is 184 Å². The van der Waals surface area contributed by atoms with E-state index in [1.807, 2.05) is 0 Å². The summed E-state index contributed by atoms with van der Waals surface area (Å²) >= 11 is 0. The average Bonchev–Trinajstić information content (AvgIpc) is 2.71. The fourth-order valence-electron chi connectivity index (χ4n) is 3.19. The summed E-state index contributed by atoms with van der Waals surface area (Å²) in [4.78, 5) is 20.6. The number of unbranched alkanes of at least 4 members (excludes halogenated alkanes) is 14. The molecular formula is C24H48O6. The number of hydrogen-bond acceptors (Lipinski definition) is 4. The number of aliphatic hydroxyl groups excluding tert-OH is 2. The molecule has 0 spiro atoms. The van der Waals surface area contributed by atoms with Crippen molar-refractivity contribution in [1.29, 1.82) is 0 Å². The molecule has 6 nitrogen and oxygen atoms in total. The topological polar surface area (TPSA) is 115 Å². The molecule has 0 aliphatic heterocycles. The van der Waals surface area contributed by atoms with Gasteiger partial charge in [-0.05, 0) is 12.8 Å². The van der Waals surface area contributed by atoms with Crippen LogP contribution in [-0.2, 0) is 9.59 Å². The third-order valence-corrected chi connectivity index (χ3v) is 5.23. The van der Waals surface area contributed by atoms with Crippen molar-refractivity contribution in [3.05, 3.63) is 0 Å². The van der Waals surface area contributed by atoms with Crippen molar-refractivity contribution in [2.45, 2.75) is 142 Å². The fraction of sp³-hybridized carbons (Fsp3) is 0.917. The monoisotopic (exact) mass is 432 g/mol. The van der Waals surface area contributed by atoms with Gasteiger partial charge in [0.15, 0.2) is 12.2 Å². The molecule has 0 aromatic carbocycles. The summed E-state index contributed by atoms with van der Waals surface area (Å²) in [6, 6.07) is 0. The van der Waals surface area contributed by atoms with Crippen LogP contribution < -0.4 is 0 Å². The second-order valence-corrected chi connectivity index (χ2v) is 8.24. The van der Waals surface area contributed by atoms with Crippen molar-refractivity contribution in [2.24, 2.45) is 0 Å². The van der Waals surface area contributed by atoms with E-state index in [9.17, 15) is 9.59 Å². The van der Waals surface area contributed by atoms with Crippen LogP contribution in [0.1, 0.15) is 129 Å². The molecule has 0 bridgehead atoms. The Morgan fingerprint density at radius 3 is 0.967 bits per heavy atom. The maximum absolute atomic E-state index is 10.3. The van der Waals surface area contributed by atoms with Crippen molar-refractivity contribution in [3.8, 4) is 0 Å². The summed E-state index contributed by atoms with van der Waals surface area (Å²) in [5.41, 5.74) is 0. The molecule has 0 saturated carbocycles. The lowest BCUT2D eigenvalue weighted by molar-refractivity contribution is -0.147. The van der Waals surface area contributed by atoms with E-state index in [2.05, 4.69) is 13.8 Å². The molecule has 0 saturated heterocycles.